The van der Waals surface area contributed by atoms with E-state index in [1.165, 1.54) is 0 Å². The van der Waals surface area contributed by atoms with Gasteiger partial charge in [0.1, 0.15) is 0 Å². The van der Waals surface area contributed by atoms with Crippen LogP contribution in [0.1, 0.15) is 44.9 Å². The molecule has 8 nitrogen and oxygen atoms in total. The number of ether oxygens (including phenoxy) is 1. The molecule has 1 heterocycles. The van der Waals surface area contributed by atoms with Crippen molar-refractivity contribution in [2.24, 2.45) is 0 Å². The topological polar surface area (TPSA) is 102 Å². The van der Waals surface area contributed by atoms with Gasteiger partial charge >= 0.3 is 5.97 Å². The summed E-state index contributed by atoms with van der Waals surface area (Å²) >= 11 is 0. The maximum atomic E-state index is 12.7. The lowest BCUT2D eigenvalue weighted by atomic mass is 10.1. The number of carbonyl (C=O) groups excluding carboxylic acids is 3. The first-order valence-corrected chi connectivity index (χ1v) is 11.3. The highest BCUT2D eigenvalue weighted by Gasteiger charge is 2.28. The van der Waals surface area contributed by atoms with E-state index in [4.69, 9.17) is 4.74 Å². The fraction of sp³-hybridized carbons (Fsp3) is 0.308. The van der Waals surface area contributed by atoms with Crippen molar-refractivity contribution in [1.82, 2.24) is 15.1 Å². The van der Waals surface area contributed by atoms with Gasteiger partial charge in [-0.3, -0.25) is 9.59 Å². The Labute approximate surface area is 198 Å². The third-order valence-electron chi connectivity index (χ3n) is 5.85. The van der Waals surface area contributed by atoms with Crippen molar-refractivity contribution in [3.63, 3.8) is 0 Å². The van der Waals surface area contributed by atoms with Crippen LogP contribution in [0.4, 0.5) is 5.69 Å². The fourth-order valence-corrected chi connectivity index (χ4v) is 4.37. The van der Waals surface area contributed by atoms with Gasteiger partial charge in [0.05, 0.1) is 12.2 Å². The number of benzene rings is 2. The average molecular weight is 461 g/mol. The molecule has 0 spiro atoms. The van der Waals surface area contributed by atoms with Gasteiger partial charge in [-0.05, 0) is 63.3 Å². The first-order chi connectivity index (χ1) is 16.3. The number of nitrogens with zero attached hydrogens (tertiary/aromatic N) is 2. The van der Waals surface area contributed by atoms with Crippen molar-refractivity contribution in [3.05, 3.63) is 76.1 Å². The monoisotopic (exact) mass is 460 g/mol. The van der Waals surface area contributed by atoms with E-state index in [1.54, 1.807) is 4.68 Å². The van der Waals surface area contributed by atoms with E-state index in [1.807, 2.05) is 63.2 Å². The smallest absolute Gasteiger partial charge is 0.359 e. The summed E-state index contributed by atoms with van der Waals surface area (Å²) in [5.74, 6) is -1.55. The van der Waals surface area contributed by atoms with Crippen molar-refractivity contribution in [2.45, 2.75) is 40.0 Å². The molecule has 1 aliphatic rings. The van der Waals surface area contributed by atoms with Gasteiger partial charge < -0.3 is 15.4 Å². The van der Waals surface area contributed by atoms with E-state index >= 15 is 0 Å². The van der Waals surface area contributed by atoms with Crippen molar-refractivity contribution in [1.29, 1.82) is 0 Å². The van der Waals surface area contributed by atoms with E-state index in [2.05, 4.69) is 15.7 Å². The molecule has 1 aliphatic carbocycles. The maximum absolute atomic E-state index is 12.7. The lowest BCUT2D eigenvalue weighted by molar-refractivity contribution is -0.126. The van der Waals surface area contributed by atoms with Gasteiger partial charge in [-0.1, -0.05) is 35.9 Å². The van der Waals surface area contributed by atoms with Crippen molar-refractivity contribution in [2.75, 3.05) is 18.5 Å². The van der Waals surface area contributed by atoms with Crippen LogP contribution in [-0.4, -0.2) is 40.7 Å². The summed E-state index contributed by atoms with van der Waals surface area (Å²) in [5, 5.41) is 9.78. The van der Waals surface area contributed by atoms with Gasteiger partial charge in [0.25, 0.3) is 5.91 Å². The minimum absolute atomic E-state index is 0.221. The average Bonchev–Trinajstić information content (AvgIpc) is 3.42. The number of carbonyl (C=O) groups is 3. The molecule has 0 unspecified atom stereocenters. The molecule has 0 radical (unpaired) electrons. The molecule has 1 aromatic heterocycles. The Bertz CT molecular complexity index is 1220. The number of esters is 1. The van der Waals surface area contributed by atoms with E-state index in [-0.39, 0.29) is 18.1 Å². The highest BCUT2D eigenvalue weighted by atomic mass is 16.5. The number of amides is 2. The Morgan fingerprint density at radius 3 is 2.41 bits per heavy atom. The number of anilines is 1. The molecule has 0 bridgehead atoms. The molecule has 0 saturated heterocycles. The van der Waals surface area contributed by atoms with Crippen LogP contribution in [0.2, 0.25) is 0 Å². The van der Waals surface area contributed by atoms with Crippen LogP contribution in [0, 0.1) is 20.8 Å². The molecule has 0 atom stereocenters. The minimum atomic E-state index is -0.640. The number of hydrogen-bond donors (Lipinski definition) is 2. The molecule has 0 aliphatic heterocycles. The SMILES string of the molecule is Cc1cc(C)c(NC(=O)CNC(=O)COC(=O)c2nn(-c3ccccc3)c3c2CCC3)c(C)c1. The molecule has 2 amide bonds. The van der Waals surface area contributed by atoms with E-state index in [0.29, 0.717) is 0 Å². The summed E-state index contributed by atoms with van der Waals surface area (Å²) in [6, 6.07) is 13.6. The maximum Gasteiger partial charge on any atom is 0.359 e. The molecule has 4 rings (SSSR count). The minimum Gasteiger partial charge on any atom is -0.451 e. The zero-order chi connectivity index (χ0) is 24.2. The summed E-state index contributed by atoms with van der Waals surface area (Å²) in [6.45, 7) is 5.13. The number of aromatic nitrogens is 2. The standard InChI is InChI=1S/C26H28N4O4/c1-16-12-17(2)24(18(3)13-16)28-22(31)14-27-23(32)15-34-26(33)25-20-10-7-11-21(20)30(29-25)19-8-5-4-6-9-19/h4-6,8-9,12-13H,7,10-11,14-15H2,1-3H3,(H,27,32)(H,28,31). The number of rotatable bonds is 7. The van der Waals surface area contributed by atoms with E-state index in [0.717, 1.165) is 58.6 Å². The number of para-hydroxylation sites is 1. The van der Waals surface area contributed by atoms with Gasteiger partial charge in [-0.25, -0.2) is 9.48 Å². The van der Waals surface area contributed by atoms with Crippen LogP contribution in [0.3, 0.4) is 0 Å². The normalized spacial score (nSPS) is 12.2. The van der Waals surface area contributed by atoms with Crippen LogP contribution in [0.15, 0.2) is 42.5 Å². The fourth-order valence-electron chi connectivity index (χ4n) is 4.37. The summed E-state index contributed by atoms with van der Waals surface area (Å²) in [6.07, 6.45) is 2.52. The molecular formula is C26H28N4O4. The zero-order valence-corrected chi connectivity index (χ0v) is 19.6. The summed E-state index contributed by atoms with van der Waals surface area (Å²) in [4.78, 5) is 37.1. The first kappa shape index (κ1) is 23.2. The highest BCUT2D eigenvalue weighted by molar-refractivity contribution is 5.96. The van der Waals surface area contributed by atoms with Crippen LogP contribution < -0.4 is 10.6 Å². The van der Waals surface area contributed by atoms with Gasteiger partial charge in [0.2, 0.25) is 5.91 Å². The van der Waals surface area contributed by atoms with Crippen LogP contribution in [-0.2, 0) is 27.2 Å². The van der Waals surface area contributed by atoms with Crippen LogP contribution >= 0.6 is 0 Å². The second kappa shape index (κ2) is 9.91. The third kappa shape index (κ3) is 5.01. The van der Waals surface area contributed by atoms with Crippen LogP contribution in [0.5, 0.6) is 0 Å². The van der Waals surface area contributed by atoms with Crippen LogP contribution in [0.25, 0.3) is 5.69 Å². The summed E-state index contributed by atoms with van der Waals surface area (Å²) in [5.41, 5.74) is 6.75. The Morgan fingerprint density at radius 2 is 1.71 bits per heavy atom. The number of nitrogens with one attached hydrogen (secondary N) is 2. The second-order valence-corrected chi connectivity index (χ2v) is 8.55. The first-order valence-electron chi connectivity index (χ1n) is 11.3. The molecule has 176 valence electrons. The Morgan fingerprint density at radius 1 is 1.00 bits per heavy atom. The molecule has 0 saturated carbocycles. The molecular weight excluding hydrogens is 432 g/mol. The van der Waals surface area contributed by atoms with Gasteiger partial charge in [0, 0.05) is 16.9 Å². The molecule has 34 heavy (non-hydrogen) atoms. The quantitative estimate of drug-likeness (QED) is 0.527. The Balaban J connectivity index is 1.32. The number of hydrogen-bond acceptors (Lipinski definition) is 5. The van der Waals surface area contributed by atoms with Crippen molar-refractivity contribution < 1.29 is 19.1 Å². The Kier molecular flexibility index (Phi) is 6.77. The van der Waals surface area contributed by atoms with Crippen molar-refractivity contribution in [3.8, 4) is 5.69 Å². The van der Waals surface area contributed by atoms with Gasteiger partial charge in [-0.15, -0.1) is 0 Å². The highest BCUT2D eigenvalue weighted by Crippen LogP contribution is 2.28. The lowest BCUT2D eigenvalue weighted by Gasteiger charge is -2.13. The second-order valence-electron chi connectivity index (χ2n) is 8.55. The number of aryl methyl sites for hydroxylation is 3. The molecule has 2 aromatic carbocycles. The van der Waals surface area contributed by atoms with Crippen molar-refractivity contribution >= 4 is 23.5 Å². The summed E-state index contributed by atoms with van der Waals surface area (Å²) in [7, 11) is 0. The van der Waals surface area contributed by atoms with Gasteiger partial charge in [-0.2, -0.15) is 5.10 Å². The zero-order valence-electron chi connectivity index (χ0n) is 19.6. The Hall–Kier alpha value is -3.94. The lowest BCUT2D eigenvalue weighted by Crippen LogP contribution is -2.35. The van der Waals surface area contributed by atoms with Gasteiger partial charge in [0.15, 0.2) is 12.3 Å². The predicted octanol–water partition coefficient (Wildman–Crippen LogP) is 3.20. The molecule has 2 N–H and O–H groups in total. The summed E-state index contributed by atoms with van der Waals surface area (Å²) < 4.78 is 6.98. The number of fused-ring (bicyclic) bond motifs is 1. The molecule has 0 fully saturated rings. The molecule has 3 aromatic rings. The predicted molar refractivity (Wildman–Crippen MR) is 128 cm³/mol. The largest absolute Gasteiger partial charge is 0.451 e. The van der Waals surface area contributed by atoms with E-state index < -0.39 is 18.5 Å². The van der Waals surface area contributed by atoms with E-state index in [9.17, 15) is 14.4 Å². The third-order valence-corrected chi connectivity index (χ3v) is 5.85. The molecule has 8 heteroatoms.